The fraction of sp³-hybridized carbons (Fsp3) is 0.0625. The Morgan fingerprint density at radius 3 is 2.64 bits per heavy atom. The number of carboxylic acid groups (broad SMARTS) is 1. The molecule has 2 aromatic heterocycles. The number of benzene rings is 1. The zero-order valence-corrected chi connectivity index (χ0v) is 15.0. The molecule has 1 aromatic carbocycles. The Bertz CT molecular complexity index is 965. The Balaban J connectivity index is 1.88. The van der Waals surface area contributed by atoms with Gasteiger partial charge in [0.2, 0.25) is 5.89 Å². The average molecular weight is 397 g/mol. The molecule has 1 N–H and O–H groups in total. The van der Waals surface area contributed by atoms with E-state index in [0.717, 1.165) is 11.8 Å². The summed E-state index contributed by atoms with van der Waals surface area (Å²) in [4.78, 5) is 11.4. The molecule has 2 heterocycles. The SMILES string of the molecule is Cc1nnc(S/C(=C\c2ccc(-c3ccc(Cl)cc3Cl)o2)C(=O)O)o1. The Morgan fingerprint density at radius 1 is 1.20 bits per heavy atom. The summed E-state index contributed by atoms with van der Waals surface area (Å²) in [5.41, 5.74) is 0.655. The predicted octanol–water partition coefficient (Wildman–Crippen LogP) is 5.16. The highest BCUT2D eigenvalue weighted by Crippen LogP contribution is 2.33. The molecule has 0 bridgehead atoms. The lowest BCUT2D eigenvalue weighted by atomic mass is 10.2. The van der Waals surface area contributed by atoms with E-state index in [9.17, 15) is 9.90 Å². The summed E-state index contributed by atoms with van der Waals surface area (Å²) in [5, 5.41) is 17.9. The number of carbonyl (C=O) groups is 1. The Morgan fingerprint density at radius 2 is 2.00 bits per heavy atom. The van der Waals surface area contributed by atoms with Gasteiger partial charge in [-0.15, -0.1) is 10.2 Å². The zero-order valence-electron chi connectivity index (χ0n) is 12.7. The fourth-order valence-corrected chi connectivity index (χ4v) is 3.14. The topological polar surface area (TPSA) is 89.4 Å². The van der Waals surface area contributed by atoms with Gasteiger partial charge >= 0.3 is 5.97 Å². The van der Waals surface area contributed by atoms with Crippen molar-refractivity contribution in [3.8, 4) is 11.3 Å². The maximum atomic E-state index is 11.4. The smallest absolute Gasteiger partial charge is 0.342 e. The van der Waals surface area contributed by atoms with Gasteiger partial charge in [0.15, 0.2) is 0 Å². The highest BCUT2D eigenvalue weighted by atomic mass is 35.5. The number of nitrogens with zero attached hydrogens (tertiary/aromatic N) is 2. The third-order valence-electron chi connectivity index (χ3n) is 3.01. The lowest BCUT2D eigenvalue weighted by Gasteiger charge is -2.01. The highest BCUT2D eigenvalue weighted by Gasteiger charge is 2.16. The van der Waals surface area contributed by atoms with Crippen molar-refractivity contribution in [1.82, 2.24) is 10.2 Å². The van der Waals surface area contributed by atoms with Gasteiger partial charge in [-0.1, -0.05) is 23.2 Å². The molecule has 0 fully saturated rings. The normalized spacial score (nSPS) is 11.7. The Kier molecular flexibility index (Phi) is 5.17. The molecule has 25 heavy (non-hydrogen) atoms. The lowest BCUT2D eigenvalue weighted by Crippen LogP contribution is -1.96. The molecule has 0 aliphatic heterocycles. The van der Waals surface area contributed by atoms with Crippen LogP contribution in [0.25, 0.3) is 17.4 Å². The van der Waals surface area contributed by atoms with Gasteiger partial charge in [0, 0.05) is 23.6 Å². The first-order chi connectivity index (χ1) is 11.9. The van der Waals surface area contributed by atoms with Gasteiger partial charge in [-0.3, -0.25) is 0 Å². The number of aromatic nitrogens is 2. The Labute approximate surface area is 156 Å². The summed E-state index contributed by atoms with van der Waals surface area (Å²) in [6.07, 6.45) is 1.37. The second-order valence-corrected chi connectivity index (χ2v) is 6.67. The summed E-state index contributed by atoms with van der Waals surface area (Å²) in [7, 11) is 0. The van der Waals surface area contributed by atoms with E-state index in [1.165, 1.54) is 6.08 Å². The molecule has 9 heteroatoms. The van der Waals surface area contributed by atoms with Crippen molar-refractivity contribution in [3.05, 3.63) is 56.9 Å². The van der Waals surface area contributed by atoms with Crippen LogP contribution in [0.3, 0.4) is 0 Å². The first kappa shape index (κ1) is 17.6. The van der Waals surface area contributed by atoms with E-state index in [1.54, 1.807) is 37.3 Å². The highest BCUT2D eigenvalue weighted by molar-refractivity contribution is 8.03. The largest absolute Gasteiger partial charge is 0.477 e. The maximum absolute atomic E-state index is 11.4. The number of hydrogen-bond donors (Lipinski definition) is 1. The second-order valence-electron chi connectivity index (χ2n) is 4.83. The number of thioether (sulfide) groups is 1. The fourth-order valence-electron chi connectivity index (χ4n) is 1.94. The van der Waals surface area contributed by atoms with Crippen molar-refractivity contribution in [3.63, 3.8) is 0 Å². The molecule has 0 aliphatic carbocycles. The Hall–Kier alpha value is -2.22. The molecule has 0 atom stereocenters. The van der Waals surface area contributed by atoms with Crippen molar-refractivity contribution < 1.29 is 18.7 Å². The molecule has 3 rings (SSSR count). The molecular weight excluding hydrogens is 387 g/mol. The van der Waals surface area contributed by atoms with Crippen LogP contribution in [0.15, 0.2) is 49.3 Å². The quantitative estimate of drug-likeness (QED) is 0.470. The van der Waals surface area contributed by atoms with Crippen LogP contribution >= 0.6 is 35.0 Å². The number of furan rings is 1. The van der Waals surface area contributed by atoms with Crippen molar-refractivity contribution in [2.24, 2.45) is 0 Å². The zero-order chi connectivity index (χ0) is 18.0. The predicted molar refractivity (Wildman–Crippen MR) is 94.7 cm³/mol. The van der Waals surface area contributed by atoms with Gasteiger partial charge in [0.1, 0.15) is 16.4 Å². The molecule has 0 saturated carbocycles. The summed E-state index contributed by atoms with van der Waals surface area (Å²) < 4.78 is 10.8. The number of aryl methyl sites for hydroxylation is 1. The second kappa shape index (κ2) is 7.35. The van der Waals surface area contributed by atoms with Crippen LogP contribution in [0.1, 0.15) is 11.7 Å². The van der Waals surface area contributed by atoms with Crippen LogP contribution in [0, 0.1) is 6.92 Å². The standard InChI is InChI=1S/C16H10Cl2N2O4S/c1-8-19-20-16(23-8)25-14(15(21)22)7-10-3-5-13(24-10)11-4-2-9(17)6-12(11)18/h2-7H,1H3,(H,21,22)/b14-7-. The first-order valence-corrected chi connectivity index (χ1v) is 8.48. The molecule has 3 aromatic rings. The molecule has 0 saturated heterocycles. The van der Waals surface area contributed by atoms with E-state index in [0.29, 0.717) is 33.0 Å². The molecule has 0 unspecified atom stereocenters. The van der Waals surface area contributed by atoms with Crippen molar-refractivity contribution in [2.45, 2.75) is 12.1 Å². The van der Waals surface area contributed by atoms with E-state index in [1.807, 2.05) is 0 Å². The van der Waals surface area contributed by atoms with E-state index >= 15 is 0 Å². The van der Waals surface area contributed by atoms with Crippen molar-refractivity contribution in [1.29, 1.82) is 0 Å². The molecule has 0 spiro atoms. The molecule has 128 valence electrons. The molecule has 0 aliphatic rings. The van der Waals surface area contributed by atoms with Gasteiger partial charge in [-0.05, 0) is 42.1 Å². The molecule has 0 amide bonds. The molecule has 0 radical (unpaired) electrons. The van der Waals surface area contributed by atoms with E-state index in [-0.39, 0.29) is 10.1 Å². The monoisotopic (exact) mass is 396 g/mol. The number of aliphatic carboxylic acids is 1. The van der Waals surface area contributed by atoms with Crippen LogP contribution in [-0.4, -0.2) is 21.3 Å². The minimum absolute atomic E-state index is 0.0215. The van der Waals surface area contributed by atoms with Crippen LogP contribution in [-0.2, 0) is 4.79 Å². The minimum Gasteiger partial charge on any atom is -0.477 e. The van der Waals surface area contributed by atoms with Crippen molar-refractivity contribution >= 4 is 47.0 Å². The van der Waals surface area contributed by atoms with Gasteiger partial charge < -0.3 is 13.9 Å². The van der Waals surface area contributed by atoms with Crippen molar-refractivity contribution in [2.75, 3.05) is 0 Å². The van der Waals surface area contributed by atoms with E-state index < -0.39 is 5.97 Å². The van der Waals surface area contributed by atoms with E-state index in [4.69, 9.17) is 32.0 Å². The number of carboxylic acids is 1. The molecular formula is C16H10Cl2N2O4S. The van der Waals surface area contributed by atoms with Crippen LogP contribution in [0.2, 0.25) is 10.0 Å². The third-order valence-corrected chi connectivity index (χ3v) is 4.41. The van der Waals surface area contributed by atoms with Crippen LogP contribution < -0.4 is 0 Å². The number of rotatable bonds is 5. The van der Waals surface area contributed by atoms with Crippen LogP contribution in [0.4, 0.5) is 0 Å². The molecule has 6 nitrogen and oxygen atoms in total. The maximum Gasteiger partial charge on any atom is 0.342 e. The van der Waals surface area contributed by atoms with Gasteiger partial charge in [0.25, 0.3) is 5.22 Å². The minimum atomic E-state index is -1.14. The summed E-state index contributed by atoms with van der Waals surface area (Å²) in [5.74, 6) is 0.0617. The third kappa shape index (κ3) is 4.25. The van der Waals surface area contributed by atoms with E-state index in [2.05, 4.69) is 10.2 Å². The first-order valence-electron chi connectivity index (χ1n) is 6.90. The van der Waals surface area contributed by atoms with Gasteiger partial charge in [0.05, 0.1) is 5.02 Å². The number of halogens is 2. The van der Waals surface area contributed by atoms with Gasteiger partial charge in [-0.25, -0.2) is 4.79 Å². The van der Waals surface area contributed by atoms with Crippen LogP contribution in [0.5, 0.6) is 0 Å². The average Bonchev–Trinajstić information content (AvgIpc) is 3.16. The summed E-state index contributed by atoms with van der Waals surface area (Å²) in [6, 6.07) is 8.36. The summed E-state index contributed by atoms with van der Waals surface area (Å²) in [6.45, 7) is 1.62. The van der Waals surface area contributed by atoms with Gasteiger partial charge in [-0.2, -0.15) is 0 Å². The summed E-state index contributed by atoms with van der Waals surface area (Å²) >= 11 is 12.9. The lowest BCUT2D eigenvalue weighted by molar-refractivity contribution is -0.131. The number of hydrogen-bond acceptors (Lipinski definition) is 6.